The first-order valence-electron chi connectivity index (χ1n) is 13.2. The van der Waals surface area contributed by atoms with Gasteiger partial charge in [0.2, 0.25) is 0 Å². The lowest BCUT2D eigenvalue weighted by Crippen LogP contribution is -2.21. The zero-order valence-corrected chi connectivity index (χ0v) is 24.2. The molecule has 0 aliphatic carbocycles. The molecule has 0 aliphatic heterocycles. The highest BCUT2D eigenvalue weighted by Crippen LogP contribution is 2.32. The summed E-state index contributed by atoms with van der Waals surface area (Å²) in [5.74, 6) is -5.01. The number of sulfone groups is 1. The minimum Gasteiger partial charge on any atom is -0.507 e. The van der Waals surface area contributed by atoms with E-state index in [4.69, 9.17) is 14.6 Å². The van der Waals surface area contributed by atoms with Crippen molar-refractivity contribution < 1.29 is 55.6 Å². The van der Waals surface area contributed by atoms with E-state index in [1.807, 2.05) is 12.1 Å². The standard InChI is InChI=1S/C29H26FNO6S.C2HF3O2/c30-23-10-12-27(32)26(17-23)22-7-3-8-24(16-22)38(35,36)19-21-9-11-25(28(33)15-21)29(34)37-14-2-1-5-20-6-4-13-31-18-20;3-2(4,5)1(6)7/h3-4,6-13,15-18,32-33H,1-2,5,14,19H2;(H,6,7). The van der Waals surface area contributed by atoms with Gasteiger partial charge in [-0.3, -0.25) is 4.98 Å². The minimum atomic E-state index is -5.08. The van der Waals surface area contributed by atoms with Crippen molar-refractivity contribution in [2.24, 2.45) is 0 Å². The predicted molar refractivity (Wildman–Crippen MR) is 154 cm³/mol. The van der Waals surface area contributed by atoms with E-state index < -0.39 is 39.5 Å². The van der Waals surface area contributed by atoms with Crippen molar-refractivity contribution >= 4 is 21.8 Å². The van der Waals surface area contributed by atoms with Gasteiger partial charge in [-0.05, 0) is 84.5 Å². The molecule has 0 radical (unpaired) electrons. The molecular weight excluding hydrogens is 622 g/mol. The van der Waals surface area contributed by atoms with Crippen LogP contribution in [0.15, 0.2) is 90.1 Å². The molecule has 0 amide bonds. The summed E-state index contributed by atoms with van der Waals surface area (Å²) in [5, 5.41) is 27.6. The number of carbonyl (C=O) groups is 2. The van der Waals surface area contributed by atoms with E-state index in [1.54, 1.807) is 18.5 Å². The van der Waals surface area contributed by atoms with Crippen molar-refractivity contribution in [3.05, 3.63) is 108 Å². The van der Waals surface area contributed by atoms with Crippen LogP contribution in [0.2, 0.25) is 0 Å². The number of phenolic OH excluding ortho intramolecular Hbond substituents is 2. The number of pyridine rings is 1. The van der Waals surface area contributed by atoms with Gasteiger partial charge in [-0.25, -0.2) is 22.4 Å². The third kappa shape index (κ3) is 10.3. The number of rotatable bonds is 10. The van der Waals surface area contributed by atoms with Gasteiger partial charge in [0.25, 0.3) is 0 Å². The minimum absolute atomic E-state index is 0.0343. The summed E-state index contributed by atoms with van der Waals surface area (Å²) in [4.78, 5) is 25.3. The van der Waals surface area contributed by atoms with Crippen molar-refractivity contribution in [2.75, 3.05) is 6.61 Å². The molecule has 9 nitrogen and oxygen atoms in total. The molecule has 1 aromatic heterocycles. The number of carboxylic acids is 1. The van der Waals surface area contributed by atoms with Gasteiger partial charge in [0.1, 0.15) is 22.9 Å². The van der Waals surface area contributed by atoms with Gasteiger partial charge in [-0.15, -0.1) is 0 Å². The number of halogens is 4. The molecule has 0 spiro atoms. The number of aromatic hydroxyl groups is 2. The number of alkyl halides is 3. The maximum atomic E-state index is 13.7. The lowest BCUT2D eigenvalue weighted by atomic mass is 10.0. The van der Waals surface area contributed by atoms with Crippen LogP contribution in [-0.4, -0.2) is 53.4 Å². The number of aromatic nitrogens is 1. The summed E-state index contributed by atoms with van der Waals surface area (Å²) >= 11 is 0. The first-order valence-corrected chi connectivity index (χ1v) is 14.8. The fourth-order valence-corrected chi connectivity index (χ4v) is 5.34. The Morgan fingerprint density at radius 1 is 0.867 bits per heavy atom. The highest BCUT2D eigenvalue weighted by Gasteiger charge is 2.38. The second kappa shape index (κ2) is 15.1. The van der Waals surface area contributed by atoms with E-state index in [0.29, 0.717) is 12.0 Å². The van der Waals surface area contributed by atoms with Crippen molar-refractivity contribution in [1.29, 1.82) is 0 Å². The fourth-order valence-electron chi connectivity index (χ4n) is 3.96. The number of benzene rings is 3. The number of hydrogen-bond donors (Lipinski definition) is 3. The van der Waals surface area contributed by atoms with E-state index >= 15 is 0 Å². The molecule has 238 valence electrons. The maximum Gasteiger partial charge on any atom is 0.490 e. The average Bonchev–Trinajstić information content (AvgIpc) is 2.98. The molecule has 45 heavy (non-hydrogen) atoms. The van der Waals surface area contributed by atoms with E-state index in [-0.39, 0.29) is 39.7 Å². The number of ether oxygens (including phenoxy) is 1. The first-order chi connectivity index (χ1) is 21.2. The monoisotopic (exact) mass is 649 g/mol. The largest absolute Gasteiger partial charge is 0.507 e. The van der Waals surface area contributed by atoms with Crippen LogP contribution in [0.25, 0.3) is 11.1 Å². The second-order valence-electron chi connectivity index (χ2n) is 9.56. The highest BCUT2D eigenvalue weighted by molar-refractivity contribution is 7.90. The number of phenols is 2. The van der Waals surface area contributed by atoms with E-state index in [9.17, 15) is 41.0 Å². The summed E-state index contributed by atoms with van der Waals surface area (Å²) in [6.45, 7) is 0.186. The average molecular weight is 650 g/mol. The summed E-state index contributed by atoms with van der Waals surface area (Å²) < 4.78 is 76.8. The Balaban J connectivity index is 0.000000707. The van der Waals surface area contributed by atoms with Crippen molar-refractivity contribution in [3.8, 4) is 22.6 Å². The molecule has 0 fully saturated rings. The van der Waals surface area contributed by atoms with E-state index in [2.05, 4.69) is 4.98 Å². The number of unbranched alkanes of at least 4 members (excludes halogenated alkanes) is 1. The molecule has 0 bridgehead atoms. The quantitative estimate of drug-likeness (QED) is 0.105. The molecule has 1 heterocycles. The van der Waals surface area contributed by atoms with Crippen LogP contribution in [0.5, 0.6) is 11.5 Å². The molecule has 3 N–H and O–H groups in total. The van der Waals surface area contributed by atoms with E-state index in [0.717, 1.165) is 30.5 Å². The molecular formula is C31H27F4NO8S. The Bertz CT molecular complexity index is 1750. The van der Waals surface area contributed by atoms with Crippen LogP contribution >= 0.6 is 0 Å². The number of nitrogens with zero attached hydrogens (tertiary/aromatic N) is 1. The van der Waals surface area contributed by atoms with Gasteiger partial charge < -0.3 is 20.1 Å². The number of carboxylic acid groups (broad SMARTS) is 1. The molecule has 0 aliphatic rings. The van der Waals surface area contributed by atoms with Crippen LogP contribution < -0.4 is 0 Å². The van der Waals surface area contributed by atoms with Gasteiger partial charge in [-0.2, -0.15) is 13.2 Å². The normalized spacial score (nSPS) is 11.3. The topological polar surface area (TPSA) is 151 Å². The lowest BCUT2D eigenvalue weighted by molar-refractivity contribution is -0.192. The lowest BCUT2D eigenvalue weighted by Gasteiger charge is -2.10. The van der Waals surface area contributed by atoms with Crippen molar-refractivity contribution in [1.82, 2.24) is 4.98 Å². The first kappa shape index (κ1) is 34.5. The third-order valence-electron chi connectivity index (χ3n) is 6.16. The summed E-state index contributed by atoms with van der Waals surface area (Å²) in [7, 11) is -3.87. The fraction of sp³-hybridized carbons (Fsp3) is 0.194. The van der Waals surface area contributed by atoms with Gasteiger partial charge in [0.05, 0.1) is 17.3 Å². The van der Waals surface area contributed by atoms with Crippen LogP contribution in [0.4, 0.5) is 17.6 Å². The van der Waals surface area contributed by atoms with Gasteiger partial charge in [0, 0.05) is 18.0 Å². The van der Waals surface area contributed by atoms with Gasteiger partial charge >= 0.3 is 18.1 Å². The van der Waals surface area contributed by atoms with Crippen LogP contribution in [-0.2, 0) is 31.5 Å². The molecule has 4 aromatic rings. The molecule has 0 unspecified atom stereocenters. The molecule has 14 heteroatoms. The van der Waals surface area contributed by atoms with Crippen molar-refractivity contribution in [3.63, 3.8) is 0 Å². The number of esters is 1. The Labute approximate surface area is 255 Å². The van der Waals surface area contributed by atoms with Gasteiger partial charge in [-0.1, -0.05) is 24.3 Å². The number of aryl methyl sites for hydroxylation is 1. The van der Waals surface area contributed by atoms with Gasteiger partial charge in [0.15, 0.2) is 9.84 Å². The predicted octanol–water partition coefficient (Wildman–Crippen LogP) is 6.09. The Hall–Kier alpha value is -4.98. The summed E-state index contributed by atoms with van der Waals surface area (Å²) in [6.07, 6.45) is 0.674. The Morgan fingerprint density at radius 3 is 2.24 bits per heavy atom. The zero-order chi connectivity index (χ0) is 33.2. The maximum absolute atomic E-state index is 13.7. The summed E-state index contributed by atoms with van der Waals surface area (Å²) in [6, 6.07) is 17.1. The number of hydrogen-bond acceptors (Lipinski definition) is 8. The summed E-state index contributed by atoms with van der Waals surface area (Å²) in [5.41, 5.74) is 1.82. The SMILES string of the molecule is O=C(O)C(F)(F)F.O=C(OCCCCc1cccnc1)c1ccc(CS(=O)(=O)c2cccc(-c3cc(F)ccc3O)c2)cc1O. The van der Waals surface area contributed by atoms with Crippen LogP contribution in [0.3, 0.4) is 0 Å². The number of aliphatic carboxylic acids is 1. The second-order valence-corrected chi connectivity index (χ2v) is 11.5. The zero-order valence-electron chi connectivity index (χ0n) is 23.4. The Morgan fingerprint density at radius 2 is 1.60 bits per heavy atom. The molecule has 4 rings (SSSR count). The molecule has 0 saturated heterocycles. The highest BCUT2D eigenvalue weighted by atomic mass is 32.2. The Kier molecular flexibility index (Phi) is 11.6. The number of carbonyl (C=O) groups excluding carboxylic acids is 1. The van der Waals surface area contributed by atoms with Crippen LogP contribution in [0, 0.1) is 5.82 Å². The van der Waals surface area contributed by atoms with Crippen molar-refractivity contribution in [2.45, 2.75) is 36.1 Å². The molecule has 0 atom stereocenters. The third-order valence-corrected chi connectivity index (χ3v) is 7.85. The smallest absolute Gasteiger partial charge is 0.490 e. The van der Waals surface area contributed by atoms with Crippen LogP contribution in [0.1, 0.15) is 34.3 Å². The molecule has 3 aromatic carbocycles. The van der Waals surface area contributed by atoms with E-state index in [1.165, 1.54) is 42.5 Å². The molecule has 0 saturated carbocycles.